The van der Waals surface area contributed by atoms with E-state index >= 15 is 0 Å². The summed E-state index contributed by atoms with van der Waals surface area (Å²) in [5.41, 5.74) is 0.609. The van der Waals surface area contributed by atoms with Gasteiger partial charge in [0.2, 0.25) is 0 Å². The third kappa shape index (κ3) is 4.19. The van der Waals surface area contributed by atoms with Crippen molar-refractivity contribution in [1.29, 1.82) is 0 Å². The van der Waals surface area contributed by atoms with Crippen molar-refractivity contribution >= 4 is 54.8 Å². The number of amides is 1. The quantitative estimate of drug-likeness (QED) is 0.527. The van der Waals surface area contributed by atoms with Gasteiger partial charge in [-0.15, -0.1) is 11.3 Å². The fraction of sp³-hybridized carbons (Fsp3) is 0.304. The number of sulfonamides is 1. The average molecular weight is 521 g/mol. The molecule has 0 radical (unpaired) electrons. The van der Waals surface area contributed by atoms with Gasteiger partial charge in [-0.1, -0.05) is 23.7 Å². The highest BCUT2D eigenvalue weighted by molar-refractivity contribution is 7.91. The number of nitrogens with zero attached hydrogens (tertiary/aromatic N) is 4. The van der Waals surface area contributed by atoms with E-state index in [0.29, 0.717) is 23.0 Å². The first-order valence-electron chi connectivity index (χ1n) is 10.8. The zero-order chi connectivity index (χ0) is 24.0. The van der Waals surface area contributed by atoms with E-state index in [9.17, 15) is 17.6 Å². The van der Waals surface area contributed by atoms with Gasteiger partial charge >= 0.3 is 0 Å². The number of halogens is 2. The van der Waals surface area contributed by atoms with Crippen LogP contribution in [-0.2, 0) is 10.0 Å². The minimum absolute atomic E-state index is 0.0253. The number of benzene rings is 2. The Labute approximate surface area is 206 Å². The van der Waals surface area contributed by atoms with Gasteiger partial charge in [-0.2, -0.15) is 4.31 Å². The van der Waals surface area contributed by atoms with Crippen LogP contribution in [-0.4, -0.2) is 80.6 Å². The molecule has 3 heterocycles. The molecule has 0 aliphatic carbocycles. The first-order chi connectivity index (χ1) is 16.2. The Hall–Kier alpha value is -2.53. The Morgan fingerprint density at radius 2 is 1.82 bits per heavy atom. The number of fused-ring (bicyclic) bond motifs is 1. The van der Waals surface area contributed by atoms with Crippen LogP contribution >= 0.6 is 22.9 Å². The summed E-state index contributed by atoms with van der Waals surface area (Å²) in [6.45, 7) is 2.10. The van der Waals surface area contributed by atoms with Crippen LogP contribution in [0.1, 0.15) is 15.9 Å². The first kappa shape index (κ1) is 23.2. The normalized spacial score (nSPS) is 17.4. The highest BCUT2D eigenvalue weighted by Gasteiger charge is 2.32. The molecule has 0 bridgehead atoms. The number of rotatable bonds is 4. The number of carbonyl (C=O) groups excluding carboxylic acids is 1. The van der Waals surface area contributed by atoms with Gasteiger partial charge in [0, 0.05) is 55.1 Å². The Morgan fingerprint density at radius 3 is 2.50 bits per heavy atom. The van der Waals surface area contributed by atoms with E-state index in [1.165, 1.54) is 32.7 Å². The average Bonchev–Trinajstić information content (AvgIpc) is 3.45. The van der Waals surface area contributed by atoms with Crippen LogP contribution in [0.25, 0.3) is 10.1 Å². The largest absolute Gasteiger partial charge is 0.358 e. The maximum absolute atomic E-state index is 14.8. The number of carbonyl (C=O) groups is 1. The molecule has 3 aromatic rings. The molecule has 34 heavy (non-hydrogen) atoms. The van der Waals surface area contributed by atoms with Crippen LogP contribution in [0, 0.1) is 5.82 Å². The van der Waals surface area contributed by atoms with Gasteiger partial charge in [-0.05, 0) is 35.7 Å². The van der Waals surface area contributed by atoms with E-state index in [4.69, 9.17) is 11.6 Å². The van der Waals surface area contributed by atoms with Gasteiger partial charge in [-0.3, -0.25) is 9.79 Å². The van der Waals surface area contributed by atoms with Crippen molar-refractivity contribution in [3.8, 4) is 0 Å². The molecule has 7 nitrogen and oxygen atoms in total. The van der Waals surface area contributed by atoms with Crippen LogP contribution in [0.15, 0.2) is 51.7 Å². The molecule has 1 saturated heterocycles. The van der Waals surface area contributed by atoms with Crippen LogP contribution in [0.3, 0.4) is 0 Å². The minimum atomic E-state index is -3.70. The Balaban J connectivity index is 1.28. The second kappa shape index (κ2) is 8.92. The zero-order valence-corrected chi connectivity index (χ0v) is 20.8. The summed E-state index contributed by atoms with van der Waals surface area (Å²) in [7, 11) is -1.81. The summed E-state index contributed by atoms with van der Waals surface area (Å²) >= 11 is 7.19. The highest BCUT2D eigenvalue weighted by atomic mass is 35.5. The van der Waals surface area contributed by atoms with Crippen LogP contribution < -0.4 is 0 Å². The third-order valence-electron chi connectivity index (χ3n) is 6.10. The van der Waals surface area contributed by atoms with Crippen molar-refractivity contribution < 1.29 is 17.6 Å². The lowest BCUT2D eigenvalue weighted by Crippen LogP contribution is -2.50. The standard InChI is InChI=1S/C23H22ClFN4O3S2/c1-27-7-6-26-22(27)16-3-5-18(19(25)12-16)23(30)28-8-10-29(11-9-28)34(31,32)21-13-15-2-4-17(24)14-20(15)33-21/h2-5,12-14H,6-11H2,1H3. The van der Waals surface area contributed by atoms with E-state index in [1.54, 1.807) is 30.3 Å². The van der Waals surface area contributed by atoms with E-state index in [1.807, 2.05) is 11.9 Å². The molecule has 0 atom stereocenters. The molecule has 1 aromatic heterocycles. The molecule has 1 amide bonds. The Bertz CT molecular complexity index is 1410. The van der Waals surface area contributed by atoms with Crippen LogP contribution in [0.5, 0.6) is 0 Å². The first-order valence-corrected chi connectivity index (χ1v) is 13.4. The molecule has 0 unspecified atom stereocenters. The van der Waals surface area contributed by atoms with Crippen LogP contribution in [0.2, 0.25) is 5.02 Å². The smallest absolute Gasteiger partial charge is 0.256 e. The number of thiophene rings is 1. The summed E-state index contributed by atoms with van der Waals surface area (Å²) in [5.74, 6) is -0.343. The summed E-state index contributed by atoms with van der Waals surface area (Å²) in [4.78, 5) is 20.8. The Morgan fingerprint density at radius 1 is 1.06 bits per heavy atom. The molecule has 2 aliphatic rings. The van der Waals surface area contributed by atoms with Crippen molar-refractivity contribution in [2.24, 2.45) is 4.99 Å². The molecule has 2 aromatic carbocycles. The van der Waals surface area contributed by atoms with Gasteiger partial charge in [0.1, 0.15) is 15.9 Å². The lowest BCUT2D eigenvalue weighted by molar-refractivity contribution is 0.0693. The number of hydrogen-bond acceptors (Lipinski definition) is 6. The van der Waals surface area contributed by atoms with Crippen LogP contribution in [0.4, 0.5) is 4.39 Å². The van der Waals surface area contributed by atoms with Gasteiger partial charge < -0.3 is 9.80 Å². The minimum Gasteiger partial charge on any atom is -0.358 e. The maximum Gasteiger partial charge on any atom is 0.256 e. The molecule has 11 heteroatoms. The predicted octanol–water partition coefficient (Wildman–Crippen LogP) is 3.53. The number of piperazine rings is 1. The van der Waals surface area contributed by atoms with E-state index < -0.39 is 21.7 Å². The maximum atomic E-state index is 14.8. The van der Waals surface area contributed by atoms with E-state index in [0.717, 1.165) is 16.6 Å². The lowest BCUT2D eigenvalue weighted by Gasteiger charge is -2.33. The number of likely N-dealkylation sites (N-methyl/N-ethyl adjacent to an activating group) is 1. The fourth-order valence-corrected chi connectivity index (χ4v) is 7.46. The molecule has 2 aliphatic heterocycles. The molecule has 1 fully saturated rings. The predicted molar refractivity (Wildman–Crippen MR) is 132 cm³/mol. The van der Waals surface area contributed by atoms with E-state index in [2.05, 4.69) is 4.99 Å². The van der Waals surface area contributed by atoms with Crippen molar-refractivity contribution in [3.05, 3.63) is 64.4 Å². The monoisotopic (exact) mass is 520 g/mol. The number of amidine groups is 1. The summed E-state index contributed by atoms with van der Waals surface area (Å²) in [6.07, 6.45) is 0. The van der Waals surface area contributed by atoms with Gasteiger partial charge in [0.25, 0.3) is 15.9 Å². The zero-order valence-electron chi connectivity index (χ0n) is 18.4. The third-order valence-corrected chi connectivity index (χ3v) is 9.78. The molecular formula is C23H22ClFN4O3S2. The van der Waals surface area contributed by atoms with Gasteiger partial charge in [0.05, 0.1) is 12.1 Å². The summed E-state index contributed by atoms with van der Waals surface area (Å²) in [6, 6.07) is 11.4. The fourth-order valence-electron chi connectivity index (χ4n) is 4.21. The van der Waals surface area contributed by atoms with Crippen molar-refractivity contribution in [2.75, 3.05) is 46.3 Å². The topological polar surface area (TPSA) is 73.3 Å². The summed E-state index contributed by atoms with van der Waals surface area (Å²) in [5, 5.41) is 1.37. The molecule has 0 N–H and O–H groups in total. The second-order valence-corrected chi connectivity index (χ2v) is 12.0. The van der Waals surface area contributed by atoms with Crippen molar-refractivity contribution in [2.45, 2.75) is 4.21 Å². The van der Waals surface area contributed by atoms with Gasteiger partial charge in [0.15, 0.2) is 0 Å². The van der Waals surface area contributed by atoms with E-state index in [-0.39, 0.29) is 36.0 Å². The molecule has 178 valence electrons. The Kier molecular flexibility index (Phi) is 6.09. The molecule has 0 spiro atoms. The molecule has 5 rings (SSSR count). The SMILES string of the molecule is CN1CCN=C1c1ccc(C(=O)N2CCN(S(=O)(=O)c3cc4ccc(Cl)cc4s3)CC2)c(F)c1. The molecule has 0 saturated carbocycles. The highest BCUT2D eigenvalue weighted by Crippen LogP contribution is 2.33. The van der Waals surface area contributed by atoms with Gasteiger partial charge in [-0.25, -0.2) is 12.8 Å². The second-order valence-electron chi connectivity index (χ2n) is 8.27. The molecular weight excluding hydrogens is 499 g/mol. The van der Waals surface area contributed by atoms with Crippen molar-refractivity contribution in [1.82, 2.24) is 14.1 Å². The number of hydrogen-bond donors (Lipinski definition) is 0. The lowest BCUT2D eigenvalue weighted by atomic mass is 10.1. The van der Waals surface area contributed by atoms with Crippen molar-refractivity contribution in [3.63, 3.8) is 0 Å². The summed E-state index contributed by atoms with van der Waals surface area (Å²) < 4.78 is 43.5. The number of aliphatic imine (C=N–C) groups is 1.